The Morgan fingerprint density at radius 3 is 2.65 bits per heavy atom. The van der Waals surface area contributed by atoms with E-state index in [1.165, 1.54) is 12.8 Å². The summed E-state index contributed by atoms with van der Waals surface area (Å²) in [5.74, 6) is 0.876. The first kappa shape index (κ1) is 17.4. The van der Waals surface area contributed by atoms with E-state index >= 15 is 0 Å². The molecule has 4 heteroatoms. The Bertz CT molecular complexity index is 280. The van der Waals surface area contributed by atoms with E-state index in [0.29, 0.717) is 37.6 Å². The first-order valence-electron chi connectivity index (χ1n) is 8.15. The summed E-state index contributed by atoms with van der Waals surface area (Å²) >= 11 is 0. The number of ether oxygens (including phenoxy) is 1. The highest BCUT2D eigenvalue weighted by Gasteiger charge is 2.27. The highest BCUT2D eigenvalue weighted by molar-refractivity contribution is 5.77. The molecular formula is C16H32N2O2. The Morgan fingerprint density at radius 2 is 2.10 bits per heavy atom. The van der Waals surface area contributed by atoms with Crippen LogP contribution in [0, 0.1) is 5.92 Å². The van der Waals surface area contributed by atoms with E-state index in [2.05, 4.69) is 26.1 Å². The van der Waals surface area contributed by atoms with Gasteiger partial charge in [-0.15, -0.1) is 0 Å². The van der Waals surface area contributed by atoms with Crippen molar-refractivity contribution in [1.29, 1.82) is 0 Å². The van der Waals surface area contributed by atoms with E-state index in [9.17, 15) is 4.79 Å². The van der Waals surface area contributed by atoms with Crippen LogP contribution in [0.5, 0.6) is 0 Å². The molecule has 1 saturated heterocycles. The Balaban J connectivity index is 2.61. The number of nitrogens with zero attached hydrogens (tertiary/aromatic N) is 1. The lowest BCUT2D eigenvalue weighted by Gasteiger charge is -2.35. The van der Waals surface area contributed by atoms with Gasteiger partial charge in [-0.3, -0.25) is 4.79 Å². The average Bonchev–Trinajstić information content (AvgIpc) is 2.45. The van der Waals surface area contributed by atoms with Crippen molar-refractivity contribution in [2.45, 2.75) is 65.0 Å². The predicted molar refractivity (Wildman–Crippen MR) is 82.8 cm³/mol. The van der Waals surface area contributed by atoms with E-state index in [1.807, 2.05) is 4.90 Å². The second-order valence-corrected chi connectivity index (χ2v) is 5.93. The van der Waals surface area contributed by atoms with Crippen LogP contribution < -0.4 is 5.32 Å². The monoisotopic (exact) mass is 284 g/mol. The highest BCUT2D eigenvalue weighted by atomic mass is 16.5. The topological polar surface area (TPSA) is 41.6 Å². The number of amides is 1. The van der Waals surface area contributed by atoms with Gasteiger partial charge in [0.1, 0.15) is 0 Å². The lowest BCUT2D eigenvalue weighted by atomic mass is 9.90. The SMILES string of the molecule is CCC(CC)N(CCOC)C(=O)CC1NCCCC1C. The molecule has 0 radical (unpaired) electrons. The molecule has 118 valence electrons. The Hall–Kier alpha value is -0.610. The van der Waals surface area contributed by atoms with Crippen molar-refractivity contribution in [2.24, 2.45) is 5.92 Å². The number of hydrogen-bond donors (Lipinski definition) is 1. The summed E-state index contributed by atoms with van der Waals surface area (Å²) in [4.78, 5) is 14.7. The average molecular weight is 284 g/mol. The Labute approximate surface area is 124 Å². The quantitative estimate of drug-likeness (QED) is 0.744. The van der Waals surface area contributed by atoms with Gasteiger partial charge >= 0.3 is 0 Å². The first-order chi connectivity index (χ1) is 9.63. The van der Waals surface area contributed by atoms with Crippen LogP contribution in [0.25, 0.3) is 0 Å². The van der Waals surface area contributed by atoms with Crippen molar-refractivity contribution >= 4 is 5.91 Å². The van der Waals surface area contributed by atoms with Crippen molar-refractivity contribution in [3.63, 3.8) is 0 Å². The van der Waals surface area contributed by atoms with Gasteiger partial charge in [0.2, 0.25) is 5.91 Å². The van der Waals surface area contributed by atoms with E-state index in [4.69, 9.17) is 4.74 Å². The maximum absolute atomic E-state index is 12.7. The summed E-state index contributed by atoms with van der Waals surface area (Å²) in [6.45, 7) is 8.94. The maximum atomic E-state index is 12.7. The third kappa shape index (κ3) is 5.06. The smallest absolute Gasteiger partial charge is 0.224 e. The van der Waals surface area contributed by atoms with Crippen molar-refractivity contribution in [3.05, 3.63) is 0 Å². The molecule has 0 spiro atoms. The van der Waals surface area contributed by atoms with Gasteiger partial charge in [-0.2, -0.15) is 0 Å². The third-order valence-electron chi connectivity index (χ3n) is 4.56. The second kappa shape index (κ2) is 9.35. The second-order valence-electron chi connectivity index (χ2n) is 5.93. The first-order valence-corrected chi connectivity index (χ1v) is 8.15. The van der Waals surface area contributed by atoms with Crippen molar-refractivity contribution in [1.82, 2.24) is 10.2 Å². The number of carbonyl (C=O) groups excluding carboxylic acids is 1. The fraction of sp³-hybridized carbons (Fsp3) is 0.938. The lowest BCUT2D eigenvalue weighted by Crippen LogP contribution is -2.47. The summed E-state index contributed by atoms with van der Waals surface area (Å²) in [5, 5.41) is 3.51. The summed E-state index contributed by atoms with van der Waals surface area (Å²) in [7, 11) is 1.69. The van der Waals surface area contributed by atoms with Gasteiger partial charge in [0, 0.05) is 32.2 Å². The number of piperidine rings is 1. The van der Waals surface area contributed by atoms with Gasteiger partial charge in [0.15, 0.2) is 0 Å². The van der Waals surface area contributed by atoms with Crippen LogP contribution in [-0.2, 0) is 9.53 Å². The number of hydrogen-bond acceptors (Lipinski definition) is 3. The zero-order chi connectivity index (χ0) is 15.0. The summed E-state index contributed by atoms with van der Waals surface area (Å²) in [6.07, 6.45) is 5.11. The molecule has 1 aliphatic heterocycles. The van der Waals surface area contributed by atoms with Crippen molar-refractivity contribution in [2.75, 3.05) is 26.8 Å². The van der Waals surface area contributed by atoms with E-state index in [-0.39, 0.29) is 5.91 Å². The molecule has 2 atom stereocenters. The van der Waals surface area contributed by atoms with Gasteiger partial charge in [-0.25, -0.2) is 0 Å². The third-order valence-corrected chi connectivity index (χ3v) is 4.56. The van der Waals surface area contributed by atoms with Crippen LogP contribution in [0.1, 0.15) is 52.9 Å². The number of carbonyl (C=O) groups is 1. The molecule has 0 bridgehead atoms. The van der Waals surface area contributed by atoms with Gasteiger partial charge < -0.3 is 15.0 Å². The number of nitrogens with one attached hydrogen (secondary N) is 1. The van der Waals surface area contributed by atoms with Crippen LogP contribution in [0.3, 0.4) is 0 Å². The predicted octanol–water partition coefficient (Wildman–Crippen LogP) is 2.43. The van der Waals surface area contributed by atoms with Crippen LogP contribution in [0.2, 0.25) is 0 Å². The van der Waals surface area contributed by atoms with Crippen LogP contribution in [-0.4, -0.2) is 49.7 Å². The fourth-order valence-electron chi connectivity index (χ4n) is 3.12. The molecule has 20 heavy (non-hydrogen) atoms. The van der Waals surface area contributed by atoms with E-state index in [0.717, 1.165) is 19.4 Å². The lowest BCUT2D eigenvalue weighted by molar-refractivity contribution is -0.135. The van der Waals surface area contributed by atoms with Gasteiger partial charge in [0.25, 0.3) is 0 Å². The minimum atomic E-state index is 0.280. The van der Waals surface area contributed by atoms with Gasteiger partial charge in [0.05, 0.1) is 6.61 Å². The summed E-state index contributed by atoms with van der Waals surface area (Å²) in [6, 6.07) is 0.687. The largest absolute Gasteiger partial charge is 0.383 e. The normalized spacial score (nSPS) is 23.1. The Kier molecular flexibility index (Phi) is 8.15. The molecule has 4 nitrogen and oxygen atoms in total. The van der Waals surface area contributed by atoms with Crippen LogP contribution in [0.15, 0.2) is 0 Å². The molecule has 1 N–H and O–H groups in total. The summed E-state index contributed by atoms with van der Waals surface area (Å²) < 4.78 is 5.16. The standard InChI is InChI=1S/C16H32N2O2/c1-5-14(6-2)18(10-11-20-4)16(19)12-15-13(3)8-7-9-17-15/h13-15,17H,5-12H2,1-4H3. The van der Waals surface area contributed by atoms with Gasteiger partial charge in [-0.1, -0.05) is 20.8 Å². The number of rotatable bonds is 8. The molecule has 0 aromatic rings. The van der Waals surface area contributed by atoms with Crippen molar-refractivity contribution < 1.29 is 9.53 Å². The number of methoxy groups -OCH3 is 1. The highest BCUT2D eigenvalue weighted by Crippen LogP contribution is 2.20. The fourth-order valence-corrected chi connectivity index (χ4v) is 3.12. The minimum Gasteiger partial charge on any atom is -0.383 e. The molecule has 1 fully saturated rings. The minimum absolute atomic E-state index is 0.280. The van der Waals surface area contributed by atoms with E-state index in [1.54, 1.807) is 7.11 Å². The molecule has 1 aliphatic rings. The molecule has 1 amide bonds. The van der Waals surface area contributed by atoms with Crippen LogP contribution in [0.4, 0.5) is 0 Å². The summed E-state index contributed by atoms with van der Waals surface area (Å²) in [5.41, 5.74) is 0. The molecule has 1 rings (SSSR count). The molecule has 0 aromatic heterocycles. The molecule has 2 unspecified atom stereocenters. The molecule has 1 heterocycles. The van der Waals surface area contributed by atoms with Crippen molar-refractivity contribution in [3.8, 4) is 0 Å². The zero-order valence-corrected chi connectivity index (χ0v) is 13.7. The maximum Gasteiger partial charge on any atom is 0.224 e. The van der Waals surface area contributed by atoms with Crippen LogP contribution >= 0.6 is 0 Å². The molecule has 0 aromatic carbocycles. The molecular weight excluding hydrogens is 252 g/mol. The van der Waals surface area contributed by atoms with E-state index < -0.39 is 0 Å². The zero-order valence-electron chi connectivity index (χ0n) is 13.7. The molecule has 0 saturated carbocycles. The molecule has 0 aliphatic carbocycles. The van der Waals surface area contributed by atoms with Gasteiger partial charge in [-0.05, 0) is 38.1 Å². The Morgan fingerprint density at radius 1 is 1.40 bits per heavy atom.